The van der Waals surface area contributed by atoms with Crippen LogP contribution in [0.5, 0.6) is 0 Å². The summed E-state index contributed by atoms with van der Waals surface area (Å²) in [5, 5.41) is 0. The summed E-state index contributed by atoms with van der Waals surface area (Å²) in [5.74, 6) is 1.78. The van der Waals surface area contributed by atoms with Gasteiger partial charge in [-0.05, 0) is 48.3 Å². The molecule has 0 N–H and O–H groups in total. The summed E-state index contributed by atoms with van der Waals surface area (Å²) < 4.78 is 5.78. The van der Waals surface area contributed by atoms with Crippen molar-refractivity contribution in [3.63, 3.8) is 0 Å². The van der Waals surface area contributed by atoms with Gasteiger partial charge in [-0.2, -0.15) is 0 Å². The normalized spacial score (nSPS) is 27.0. The predicted molar refractivity (Wildman–Crippen MR) is 119 cm³/mol. The number of alkyl halides is 2. The highest BCUT2D eigenvalue weighted by molar-refractivity contribution is 9.10. The molecule has 0 saturated carbocycles. The van der Waals surface area contributed by atoms with E-state index < -0.39 is 0 Å². The van der Waals surface area contributed by atoms with Crippen LogP contribution < -0.4 is 0 Å². The second-order valence-corrected chi connectivity index (χ2v) is 9.68. The minimum absolute atomic E-state index is 0.157. The third kappa shape index (κ3) is 4.04. The average Bonchev–Trinajstić information content (AvgIpc) is 2.73. The number of allylic oxidation sites excluding steroid dienone is 6. The summed E-state index contributed by atoms with van der Waals surface area (Å²) in [4.78, 5) is 0. The molecule has 0 spiro atoms. The Morgan fingerprint density at radius 3 is 1.37 bits per heavy atom. The molecular formula is C24H20Br2O. The SMILES string of the molecule is BrC1(c2ccccc2)C=CC(OC2=CCC(Br)(c3ccccc3)C=C2)=CC1. The van der Waals surface area contributed by atoms with Gasteiger partial charge in [0.1, 0.15) is 11.5 Å². The van der Waals surface area contributed by atoms with Gasteiger partial charge in [-0.25, -0.2) is 0 Å². The standard InChI is InChI=1S/C24H20Br2O/c25-23(19-7-3-1-4-8-19)15-11-21(12-16-23)27-22-13-17-24(26,18-14-22)20-9-5-2-6-10-20/h1-15,17H,16,18H2. The Kier molecular flexibility index (Phi) is 5.25. The second-order valence-electron chi connectivity index (χ2n) is 6.85. The summed E-state index contributed by atoms with van der Waals surface area (Å²) in [6.07, 6.45) is 14.4. The van der Waals surface area contributed by atoms with Crippen LogP contribution in [0.1, 0.15) is 24.0 Å². The van der Waals surface area contributed by atoms with Crippen molar-refractivity contribution in [2.24, 2.45) is 0 Å². The van der Waals surface area contributed by atoms with Crippen LogP contribution in [0.2, 0.25) is 0 Å². The lowest BCUT2D eigenvalue weighted by Gasteiger charge is -2.28. The molecule has 0 amide bonds. The van der Waals surface area contributed by atoms with Crippen molar-refractivity contribution in [1.29, 1.82) is 0 Å². The molecule has 2 aromatic rings. The Balaban J connectivity index is 1.42. The monoisotopic (exact) mass is 482 g/mol. The third-order valence-electron chi connectivity index (χ3n) is 4.97. The van der Waals surface area contributed by atoms with Gasteiger partial charge in [0, 0.05) is 0 Å². The van der Waals surface area contributed by atoms with Crippen LogP contribution >= 0.6 is 31.9 Å². The van der Waals surface area contributed by atoms with Crippen LogP contribution in [0.25, 0.3) is 0 Å². The Morgan fingerprint density at radius 1 is 0.630 bits per heavy atom. The number of hydrogen-bond acceptors (Lipinski definition) is 1. The van der Waals surface area contributed by atoms with Crippen LogP contribution in [-0.2, 0) is 13.4 Å². The van der Waals surface area contributed by atoms with Gasteiger partial charge in [-0.1, -0.05) is 105 Å². The molecule has 2 unspecified atom stereocenters. The van der Waals surface area contributed by atoms with E-state index in [0.29, 0.717) is 0 Å². The zero-order chi connectivity index (χ0) is 18.7. The topological polar surface area (TPSA) is 9.23 Å². The van der Waals surface area contributed by atoms with Gasteiger partial charge in [0.05, 0.1) is 8.65 Å². The maximum Gasteiger partial charge on any atom is 0.123 e. The third-order valence-corrected chi connectivity index (χ3v) is 7.06. The van der Waals surface area contributed by atoms with E-state index in [0.717, 1.165) is 24.4 Å². The van der Waals surface area contributed by atoms with Gasteiger partial charge in [-0.3, -0.25) is 0 Å². The summed E-state index contributed by atoms with van der Waals surface area (Å²) in [5.41, 5.74) is 2.50. The first kappa shape index (κ1) is 18.5. The van der Waals surface area contributed by atoms with E-state index in [9.17, 15) is 0 Å². The van der Waals surface area contributed by atoms with Crippen molar-refractivity contribution >= 4 is 31.9 Å². The number of ether oxygens (including phenoxy) is 1. The number of rotatable bonds is 4. The zero-order valence-electron chi connectivity index (χ0n) is 14.8. The molecule has 0 aliphatic heterocycles. The van der Waals surface area contributed by atoms with E-state index in [2.05, 4.69) is 105 Å². The van der Waals surface area contributed by atoms with Crippen molar-refractivity contribution in [3.05, 3.63) is 120 Å². The van der Waals surface area contributed by atoms with Crippen molar-refractivity contribution < 1.29 is 4.74 Å². The van der Waals surface area contributed by atoms with Crippen LogP contribution in [0.15, 0.2) is 109 Å². The molecule has 0 radical (unpaired) electrons. The van der Waals surface area contributed by atoms with Gasteiger partial charge in [0.2, 0.25) is 0 Å². The van der Waals surface area contributed by atoms with E-state index in [1.54, 1.807) is 0 Å². The van der Waals surface area contributed by atoms with Gasteiger partial charge in [0.25, 0.3) is 0 Å². The number of hydrogen-bond donors (Lipinski definition) is 0. The molecule has 136 valence electrons. The molecule has 3 heteroatoms. The van der Waals surface area contributed by atoms with Gasteiger partial charge in [-0.15, -0.1) is 0 Å². The molecular weight excluding hydrogens is 464 g/mol. The maximum atomic E-state index is 6.10. The fourth-order valence-electron chi connectivity index (χ4n) is 3.34. The Morgan fingerprint density at radius 2 is 1.04 bits per heavy atom. The Hall–Kier alpha value is -1.84. The molecule has 27 heavy (non-hydrogen) atoms. The van der Waals surface area contributed by atoms with E-state index in [1.807, 2.05) is 24.3 Å². The highest BCUT2D eigenvalue weighted by atomic mass is 79.9. The molecule has 2 aromatic carbocycles. The Bertz CT molecular complexity index is 850. The van der Waals surface area contributed by atoms with Crippen molar-refractivity contribution in [1.82, 2.24) is 0 Å². The quantitative estimate of drug-likeness (QED) is 0.415. The summed E-state index contributed by atoms with van der Waals surface area (Å²) in [6, 6.07) is 20.9. The maximum absolute atomic E-state index is 6.10. The van der Waals surface area contributed by atoms with E-state index in [4.69, 9.17) is 4.74 Å². The van der Waals surface area contributed by atoms with Gasteiger partial charge < -0.3 is 4.74 Å². The first-order valence-corrected chi connectivity index (χ1v) is 10.6. The first-order chi connectivity index (χ1) is 13.1. The lowest BCUT2D eigenvalue weighted by Crippen LogP contribution is -2.18. The highest BCUT2D eigenvalue weighted by Crippen LogP contribution is 2.42. The fourth-order valence-corrected chi connectivity index (χ4v) is 4.46. The predicted octanol–water partition coefficient (Wildman–Crippen LogP) is 7.27. The molecule has 2 aliphatic rings. The molecule has 0 saturated heterocycles. The smallest absolute Gasteiger partial charge is 0.123 e. The van der Waals surface area contributed by atoms with Crippen LogP contribution in [0.4, 0.5) is 0 Å². The molecule has 0 aromatic heterocycles. The van der Waals surface area contributed by atoms with E-state index in [-0.39, 0.29) is 8.65 Å². The minimum atomic E-state index is -0.157. The molecule has 2 aliphatic carbocycles. The summed E-state index contributed by atoms with van der Waals surface area (Å²) in [6.45, 7) is 0. The lowest BCUT2D eigenvalue weighted by atomic mass is 9.91. The van der Waals surface area contributed by atoms with Gasteiger partial charge in [0.15, 0.2) is 0 Å². The van der Waals surface area contributed by atoms with Crippen molar-refractivity contribution in [2.75, 3.05) is 0 Å². The fraction of sp³-hybridized carbons (Fsp3) is 0.167. The largest absolute Gasteiger partial charge is 0.458 e. The number of halogens is 2. The minimum Gasteiger partial charge on any atom is -0.458 e. The molecule has 0 fully saturated rings. The van der Waals surface area contributed by atoms with Gasteiger partial charge >= 0.3 is 0 Å². The molecule has 0 bridgehead atoms. The number of benzene rings is 2. The summed E-state index contributed by atoms with van der Waals surface area (Å²) >= 11 is 7.75. The van der Waals surface area contributed by atoms with Crippen LogP contribution in [0.3, 0.4) is 0 Å². The summed E-state index contributed by atoms with van der Waals surface area (Å²) in [7, 11) is 0. The van der Waals surface area contributed by atoms with Crippen molar-refractivity contribution in [3.8, 4) is 0 Å². The van der Waals surface area contributed by atoms with E-state index in [1.165, 1.54) is 11.1 Å². The Labute approximate surface area is 177 Å². The van der Waals surface area contributed by atoms with E-state index >= 15 is 0 Å². The van der Waals surface area contributed by atoms with Crippen LogP contribution in [0, 0.1) is 0 Å². The van der Waals surface area contributed by atoms with Crippen molar-refractivity contribution in [2.45, 2.75) is 21.5 Å². The average molecular weight is 484 g/mol. The van der Waals surface area contributed by atoms with Crippen LogP contribution in [-0.4, -0.2) is 0 Å². The second kappa shape index (κ2) is 7.65. The zero-order valence-corrected chi connectivity index (χ0v) is 18.0. The molecule has 1 nitrogen and oxygen atoms in total. The highest BCUT2D eigenvalue weighted by Gasteiger charge is 2.29. The molecule has 2 atom stereocenters. The lowest BCUT2D eigenvalue weighted by molar-refractivity contribution is 0.326. The molecule has 0 heterocycles. The molecule has 4 rings (SSSR count). The first-order valence-electron chi connectivity index (χ1n) is 9.03.